The zero-order chi connectivity index (χ0) is 39.2. The number of hydrogen-bond acceptors (Lipinski definition) is 5. The summed E-state index contributed by atoms with van der Waals surface area (Å²) in [6.07, 6.45) is 0. The fourth-order valence-electron chi connectivity index (χ4n) is 9.24. The van der Waals surface area contributed by atoms with E-state index in [4.69, 9.17) is 19.4 Å². The topological polar surface area (TPSA) is 51.8 Å². The van der Waals surface area contributed by atoms with Gasteiger partial charge in [0, 0.05) is 53.1 Å². The lowest BCUT2D eigenvalue weighted by Crippen LogP contribution is -2.14. The van der Waals surface area contributed by atoms with Gasteiger partial charge in [0.25, 0.3) is 0 Å². The molecule has 0 saturated carbocycles. The van der Waals surface area contributed by atoms with Crippen LogP contribution in [-0.2, 0) is 5.41 Å². The minimum atomic E-state index is -0.0843. The molecule has 11 aromatic rings. The number of aromatic nitrogens is 3. The van der Waals surface area contributed by atoms with Gasteiger partial charge in [0.2, 0.25) is 0 Å². The second kappa shape index (κ2) is 12.9. The van der Waals surface area contributed by atoms with Crippen LogP contribution >= 0.6 is 11.3 Å². The minimum absolute atomic E-state index is 0.0843. The first kappa shape index (κ1) is 33.9. The largest absolute Gasteiger partial charge is 0.456 e. The molecule has 0 N–H and O–H groups in total. The van der Waals surface area contributed by atoms with Crippen LogP contribution in [0.5, 0.6) is 0 Å². The van der Waals surface area contributed by atoms with Crippen LogP contribution in [0.2, 0.25) is 0 Å². The number of fused-ring (bicyclic) bond motifs is 9. The van der Waals surface area contributed by atoms with E-state index in [2.05, 4.69) is 172 Å². The van der Waals surface area contributed by atoms with Crippen LogP contribution < -0.4 is 0 Å². The Bertz CT molecular complexity index is 3470. The van der Waals surface area contributed by atoms with Gasteiger partial charge in [0.15, 0.2) is 17.5 Å². The zero-order valence-corrected chi connectivity index (χ0v) is 33.2. The van der Waals surface area contributed by atoms with Crippen LogP contribution in [0, 0.1) is 0 Å². The number of nitrogens with zero attached hydrogens (tertiary/aromatic N) is 3. The minimum Gasteiger partial charge on any atom is -0.456 e. The second-order valence-electron chi connectivity index (χ2n) is 15.9. The molecule has 3 heterocycles. The molecule has 0 unspecified atom stereocenters. The van der Waals surface area contributed by atoms with Gasteiger partial charge in [0.05, 0.1) is 0 Å². The number of hydrogen-bond donors (Lipinski definition) is 0. The summed E-state index contributed by atoms with van der Waals surface area (Å²) in [7, 11) is 0. The highest BCUT2D eigenvalue weighted by molar-refractivity contribution is 7.25. The maximum atomic E-state index is 6.58. The zero-order valence-electron chi connectivity index (χ0n) is 32.4. The van der Waals surface area contributed by atoms with Crippen molar-refractivity contribution in [2.45, 2.75) is 19.3 Å². The van der Waals surface area contributed by atoms with Crippen molar-refractivity contribution in [3.8, 4) is 67.5 Å². The molecule has 0 aliphatic heterocycles. The van der Waals surface area contributed by atoms with Gasteiger partial charge >= 0.3 is 0 Å². The van der Waals surface area contributed by atoms with E-state index in [1.54, 1.807) is 11.3 Å². The van der Waals surface area contributed by atoms with Gasteiger partial charge in [-0.05, 0) is 74.8 Å². The summed E-state index contributed by atoms with van der Waals surface area (Å²) in [6, 6.07) is 62.4. The first-order valence-electron chi connectivity index (χ1n) is 20.0. The smallest absolute Gasteiger partial charge is 0.164 e. The lowest BCUT2D eigenvalue weighted by Gasteiger charge is -2.21. The lowest BCUT2D eigenvalue weighted by atomic mass is 9.82. The Kier molecular flexibility index (Phi) is 7.41. The Balaban J connectivity index is 1.05. The maximum absolute atomic E-state index is 6.58. The lowest BCUT2D eigenvalue weighted by molar-refractivity contribution is 0.660. The molecule has 0 atom stereocenters. The van der Waals surface area contributed by atoms with Crippen LogP contribution in [0.3, 0.4) is 0 Å². The van der Waals surface area contributed by atoms with Crippen LogP contribution in [0.15, 0.2) is 180 Å². The van der Waals surface area contributed by atoms with Crippen molar-refractivity contribution < 1.29 is 4.42 Å². The molecule has 0 amide bonds. The van der Waals surface area contributed by atoms with Gasteiger partial charge in [-0.1, -0.05) is 159 Å². The first-order valence-corrected chi connectivity index (χ1v) is 20.8. The molecule has 5 heteroatoms. The molecule has 0 radical (unpaired) electrons. The third-order valence-corrected chi connectivity index (χ3v) is 13.3. The summed E-state index contributed by atoms with van der Waals surface area (Å²) < 4.78 is 9.05. The molecule has 59 heavy (non-hydrogen) atoms. The van der Waals surface area contributed by atoms with Crippen LogP contribution in [0.4, 0.5) is 0 Å². The summed E-state index contributed by atoms with van der Waals surface area (Å²) in [5.74, 6) is 1.85. The Morgan fingerprint density at radius 3 is 1.92 bits per heavy atom. The summed E-state index contributed by atoms with van der Waals surface area (Å²) in [4.78, 5) is 15.7. The number of benzene rings is 8. The predicted molar refractivity (Wildman–Crippen MR) is 245 cm³/mol. The molecule has 4 nitrogen and oxygen atoms in total. The Hall–Kier alpha value is -7.21. The predicted octanol–water partition coefficient (Wildman–Crippen LogP) is 14.8. The molecule has 12 rings (SSSR count). The fraction of sp³-hybridized carbons (Fsp3) is 0.0556. The Labute approximate surface area is 345 Å². The van der Waals surface area contributed by atoms with E-state index >= 15 is 0 Å². The normalized spacial score (nSPS) is 13.1. The van der Waals surface area contributed by atoms with E-state index in [1.807, 2.05) is 18.2 Å². The SMILES string of the molecule is CC1(C)c2ccccc2-c2c(-c3ccc4oc5cccc(-c6nc(-c7ccc(-c8ccccc8)cc7)nc(-c7ccc8c(c7)sc7ccccc78)n6)c5c4c3)cccc21. The molecule has 1 aliphatic rings. The monoisotopic (exact) mass is 773 g/mol. The highest BCUT2D eigenvalue weighted by atomic mass is 32.1. The second-order valence-corrected chi connectivity index (χ2v) is 17.0. The summed E-state index contributed by atoms with van der Waals surface area (Å²) >= 11 is 1.79. The quantitative estimate of drug-likeness (QED) is 0.175. The maximum Gasteiger partial charge on any atom is 0.164 e. The number of rotatable bonds is 5. The Morgan fingerprint density at radius 1 is 0.407 bits per heavy atom. The van der Waals surface area contributed by atoms with Crippen molar-refractivity contribution in [2.75, 3.05) is 0 Å². The number of thiophene rings is 1. The van der Waals surface area contributed by atoms with Crippen molar-refractivity contribution in [2.24, 2.45) is 0 Å². The average molecular weight is 774 g/mol. The highest BCUT2D eigenvalue weighted by Gasteiger charge is 2.36. The highest BCUT2D eigenvalue weighted by Crippen LogP contribution is 2.52. The first-order chi connectivity index (χ1) is 29.0. The van der Waals surface area contributed by atoms with Gasteiger partial charge in [-0.2, -0.15) is 0 Å². The van der Waals surface area contributed by atoms with E-state index in [0.29, 0.717) is 17.5 Å². The number of furan rings is 1. The fourth-order valence-corrected chi connectivity index (χ4v) is 10.4. The standard InChI is InChI=1S/C54H35N3OS/c1-54(2)43-18-8-6-15-40(43)49-37(16-10-19-44(49)54)35-27-29-45-42(30-35)50-41(17-11-20-46(50)58-45)53-56-51(34-24-22-33(23-25-34)32-12-4-3-5-13-32)55-52(57-53)36-26-28-39-38-14-7-9-21-47(38)59-48(39)31-36/h3-31H,1-2H3. The van der Waals surface area contributed by atoms with Gasteiger partial charge < -0.3 is 4.42 Å². The molecule has 1 aliphatic carbocycles. The third kappa shape index (κ3) is 5.32. The van der Waals surface area contributed by atoms with E-state index in [-0.39, 0.29) is 5.41 Å². The molecular weight excluding hydrogens is 739 g/mol. The summed E-state index contributed by atoms with van der Waals surface area (Å²) in [5.41, 5.74) is 14.3. The summed E-state index contributed by atoms with van der Waals surface area (Å²) in [5, 5.41) is 4.52. The Morgan fingerprint density at radius 2 is 1.03 bits per heavy atom. The van der Waals surface area contributed by atoms with Crippen LogP contribution in [-0.4, -0.2) is 15.0 Å². The van der Waals surface area contributed by atoms with Gasteiger partial charge in [-0.25, -0.2) is 15.0 Å². The van der Waals surface area contributed by atoms with Crippen molar-refractivity contribution in [3.05, 3.63) is 187 Å². The van der Waals surface area contributed by atoms with Gasteiger partial charge in [0.1, 0.15) is 11.2 Å². The van der Waals surface area contributed by atoms with E-state index in [9.17, 15) is 0 Å². The van der Waals surface area contributed by atoms with Crippen molar-refractivity contribution in [3.63, 3.8) is 0 Å². The molecule has 278 valence electrons. The molecule has 0 bridgehead atoms. The average Bonchev–Trinajstić information content (AvgIpc) is 3.93. The molecule has 3 aromatic heterocycles. The molecule has 0 spiro atoms. The van der Waals surface area contributed by atoms with E-state index < -0.39 is 0 Å². The molecular formula is C54H35N3OS. The van der Waals surface area contributed by atoms with E-state index in [1.165, 1.54) is 53.6 Å². The van der Waals surface area contributed by atoms with Gasteiger partial charge in [-0.3, -0.25) is 0 Å². The summed E-state index contributed by atoms with van der Waals surface area (Å²) in [6.45, 7) is 4.66. The molecule has 0 saturated heterocycles. The van der Waals surface area contributed by atoms with Crippen molar-refractivity contribution >= 4 is 53.4 Å². The van der Waals surface area contributed by atoms with Crippen molar-refractivity contribution in [1.82, 2.24) is 15.0 Å². The third-order valence-electron chi connectivity index (χ3n) is 12.2. The van der Waals surface area contributed by atoms with Crippen LogP contribution in [0.1, 0.15) is 25.0 Å². The van der Waals surface area contributed by atoms with Crippen molar-refractivity contribution in [1.29, 1.82) is 0 Å². The van der Waals surface area contributed by atoms with Gasteiger partial charge in [-0.15, -0.1) is 11.3 Å². The van der Waals surface area contributed by atoms with Crippen LogP contribution in [0.25, 0.3) is 110 Å². The van der Waals surface area contributed by atoms with E-state index in [0.717, 1.165) is 49.8 Å². The molecule has 0 fully saturated rings. The molecule has 8 aromatic carbocycles.